The average Bonchev–Trinajstić information content (AvgIpc) is 2.22. The van der Waals surface area contributed by atoms with Gasteiger partial charge in [0, 0.05) is 6.42 Å². The van der Waals surface area contributed by atoms with E-state index in [1.807, 2.05) is 0 Å². The molecule has 0 atom stereocenters. The van der Waals surface area contributed by atoms with Crippen LogP contribution in [-0.2, 0) is 0 Å². The zero-order valence-electron chi connectivity index (χ0n) is 8.73. The summed E-state index contributed by atoms with van der Waals surface area (Å²) in [5.74, 6) is 0. The number of hydrogen-bond donors (Lipinski definition) is 0. The molecular weight excluding hydrogens is 168 g/mol. The first-order valence-electron chi connectivity index (χ1n) is 5.47. The Morgan fingerprint density at radius 3 is 2.21 bits per heavy atom. The fourth-order valence-corrected chi connectivity index (χ4v) is 1.32. The summed E-state index contributed by atoms with van der Waals surface area (Å²) in [6.45, 7) is 0. The molecule has 1 aliphatic rings. The first kappa shape index (κ1) is 11.0. The minimum Gasteiger partial charge on any atom is -0.0885 e. The molecule has 0 fully saturated rings. The van der Waals surface area contributed by atoms with Gasteiger partial charge in [-0.2, -0.15) is 0 Å². The molecule has 0 unspecified atom stereocenters. The van der Waals surface area contributed by atoms with E-state index in [2.05, 4.69) is 55.0 Å². The topological polar surface area (TPSA) is 0 Å². The van der Waals surface area contributed by atoms with Gasteiger partial charge in [-0.25, -0.2) is 0 Å². The van der Waals surface area contributed by atoms with E-state index in [4.69, 9.17) is 0 Å². The van der Waals surface area contributed by atoms with Crippen molar-refractivity contribution in [3.05, 3.63) is 55.0 Å². The Morgan fingerprint density at radius 1 is 0.500 bits per heavy atom. The van der Waals surface area contributed by atoms with Gasteiger partial charge in [0.25, 0.3) is 0 Å². The maximum Gasteiger partial charge on any atom is 0.00473 e. The molecule has 0 amide bonds. The SMILES string of the molecule is [CH]1/C=C\C=C\CCC/C=C\CC/C=C/1. The molecule has 0 nitrogen and oxygen atoms in total. The van der Waals surface area contributed by atoms with Gasteiger partial charge in [0.1, 0.15) is 0 Å². The predicted molar refractivity (Wildman–Crippen MR) is 63.9 cm³/mol. The zero-order chi connectivity index (χ0) is 9.90. The van der Waals surface area contributed by atoms with Gasteiger partial charge < -0.3 is 0 Å². The lowest BCUT2D eigenvalue weighted by Crippen LogP contribution is -1.71. The summed E-state index contributed by atoms with van der Waals surface area (Å²) in [4.78, 5) is 0. The summed E-state index contributed by atoms with van der Waals surface area (Å²) in [5, 5.41) is 0. The Balaban J connectivity index is 2.34. The van der Waals surface area contributed by atoms with Crippen LogP contribution in [0.4, 0.5) is 0 Å². The molecule has 0 aliphatic heterocycles. The second-order valence-corrected chi connectivity index (χ2v) is 3.41. The molecule has 1 rings (SSSR count). The molecule has 0 saturated heterocycles. The third kappa shape index (κ3) is 6.47. The molecule has 0 aromatic carbocycles. The van der Waals surface area contributed by atoms with Gasteiger partial charge in [0.2, 0.25) is 0 Å². The van der Waals surface area contributed by atoms with E-state index in [1.54, 1.807) is 0 Å². The number of hydrogen-bond acceptors (Lipinski definition) is 0. The van der Waals surface area contributed by atoms with Gasteiger partial charge in [-0.3, -0.25) is 0 Å². The molecule has 14 heavy (non-hydrogen) atoms. The van der Waals surface area contributed by atoms with Gasteiger partial charge in [-0.15, -0.1) is 0 Å². The summed E-state index contributed by atoms with van der Waals surface area (Å²) in [6, 6.07) is 0. The van der Waals surface area contributed by atoms with Crippen LogP contribution in [0.25, 0.3) is 0 Å². The summed E-state index contributed by atoms with van der Waals surface area (Å²) in [5.41, 5.74) is 0. The molecule has 0 spiro atoms. The van der Waals surface area contributed by atoms with Crippen molar-refractivity contribution >= 4 is 0 Å². The smallest absolute Gasteiger partial charge is 0.00473 e. The van der Waals surface area contributed by atoms with Crippen molar-refractivity contribution in [1.82, 2.24) is 0 Å². The Bertz CT molecular complexity index is 228. The minimum absolute atomic E-state index is 1.15. The first-order chi connectivity index (χ1) is 7.00. The average molecular weight is 187 g/mol. The second-order valence-electron chi connectivity index (χ2n) is 3.41. The lowest BCUT2D eigenvalue weighted by Gasteiger charge is -1.91. The standard InChI is InChI=1S/C14H19/c1-2-4-6-8-10-12-14-13-11-9-7-5-3-1/h1-7,12,14H,8-11,13H2/b3-1-,6-4+,7-5+,14-12-. The van der Waals surface area contributed by atoms with E-state index in [1.165, 1.54) is 25.7 Å². The zero-order valence-corrected chi connectivity index (χ0v) is 8.73. The van der Waals surface area contributed by atoms with Gasteiger partial charge in [-0.05, 0) is 32.1 Å². The molecule has 0 heterocycles. The highest BCUT2D eigenvalue weighted by Gasteiger charge is 1.82. The summed E-state index contributed by atoms with van der Waals surface area (Å²) < 4.78 is 0. The van der Waals surface area contributed by atoms with Gasteiger partial charge in [-0.1, -0.05) is 48.6 Å². The van der Waals surface area contributed by atoms with Crippen LogP contribution in [0, 0.1) is 6.42 Å². The Hall–Kier alpha value is -1.04. The van der Waals surface area contributed by atoms with Crippen LogP contribution in [0.1, 0.15) is 32.1 Å². The van der Waals surface area contributed by atoms with Crippen molar-refractivity contribution in [1.29, 1.82) is 0 Å². The highest BCUT2D eigenvalue weighted by molar-refractivity contribution is 5.14. The van der Waals surface area contributed by atoms with Crippen molar-refractivity contribution in [2.75, 3.05) is 0 Å². The predicted octanol–water partition coefficient (Wildman–Crippen LogP) is 4.38. The van der Waals surface area contributed by atoms with Crippen LogP contribution in [0.3, 0.4) is 0 Å². The van der Waals surface area contributed by atoms with Crippen LogP contribution in [0.15, 0.2) is 48.6 Å². The third-order valence-corrected chi connectivity index (χ3v) is 2.12. The first-order valence-corrected chi connectivity index (χ1v) is 5.47. The van der Waals surface area contributed by atoms with Gasteiger partial charge in [0.05, 0.1) is 0 Å². The lowest BCUT2D eigenvalue weighted by molar-refractivity contribution is 0.862. The third-order valence-electron chi connectivity index (χ3n) is 2.12. The lowest BCUT2D eigenvalue weighted by atomic mass is 10.2. The number of rotatable bonds is 0. The molecular formula is C14H19. The van der Waals surface area contributed by atoms with E-state index in [0.29, 0.717) is 0 Å². The van der Waals surface area contributed by atoms with Crippen LogP contribution in [0.2, 0.25) is 0 Å². The quantitative estimate of drug-likeness (QED) is 0.494. The van der Waals surface area contributed by atoms with Gasteiger partial charge >= 0.3 is 0 Å². The fourth-order valence-electron chi connectivity index (χ4n) is 1.32. The number of allylic oxidation sites excluding steroid dienone is 8. The van der Waals surface area contributed by atoms with E-state index in [9.17, 15) is 0 Å². The maximum atomic E-state index is 2.30. The Kier molecular flexibility index (Phi) is 6.74. The molecule has 0 heteroatoms. The van der Waals surface area contributed by atoms with Crippen LogP contribution in [0.5, 0.6) is 0 Å². The molecule has 0 N–H and O–H groups in total. The molecule has 0 aromatic heterocycles. The maximum absolute atomic E-state index is 2.30. The van der Waals surface area contributed by atoms with Crippen LogP contribution >= 0.6 is 0 Å². The van der Waals surface area contributed by atoms with Crippen molar-refractivity contribution in [2.45, 2.75) is 32.1 Å². The van der Waals surface area contributed by atoms with E-state index < -0.39 is 0 Å². The van der Waals surface area contributed by atoms with Crippen LogP contribution < -0.4 is 0 Å². The van der Waals surface area contributed by atoms with E-state index in [-0.39, 0.29) is 0 Å². The Labute approximate surface area is 87.7 Å². The van der Waals surface area contributed by atoms with Crippen molar-refractivity contribution in [3.63, 3.8) is 0 Å². The molecule has 0 aromatic rings. The summed E-state index contributed by atoms with van der Waals surface area (Å²) >= 11 is 0. The van der Waals surface area contributed by atoms with E-state index in [0.717, 1.165) is 6.42 Å². The highest BCUT2D eigenvalue weighted by Crippen LogP contribution is 2.01. The molecule has 1 radical (unpaired) electrons. The van der Waals surface area contributed by atoms with E-state index >= 15 is 0 Å². The Morgan fingerprint density at radius 2 is 1.21 bits per heavy atom. The second kappa shape index (κ2) is 8.55. The molecule has 0 bridgehead atoms. The highest BCUT2D eigenvalue weighted by atomic mass is 13.9. The summed E-state index contributed by atoms with van der Waals surface area (Å²) in [6.07, 6.45) is 25.5. The minimum atomic E-state index is 1.15. The largest absolute Gasteiger partial charge is 0.0885 e. The molecule has 0 saturated carbocycles. The molecule has 1 aliphatic carbocycles. The fraction of sp³-hybridized carbons (Fsp3) is 0.357. The van der Waals surface area contributed by atoms with Crippen molar-refractivity contribution in [2.24, 2.45) is 0 Å². The monoisotopic (exact) mass is 187 g/mol. The van der Waals surface area contributed by atoms with Crippen molar-refractivity contribution in [3.8, 4) is 0 Å². The van der Waals surface area contributed by atoms with Crippen LogP contribution in [-0.4, -0.2) is 0 Å². The van der Waals surface area contributed by atoms with Gasteiger partial charge in [0.15, 0.2) is 0 Å². The summed E-state index contributed by atoms with van der Waals surface area (Å²) in [7, 11) is 0. The normalized spacial score (nSPS) is 28.6. The molecule has 75 valence electrons. The van der Waals surface area contributed by atoms with Crippen molar-refractivity contribution < 1.29 is 0 Å².